The van der Waals surface area contributed by atoms with Gasteiger partial charge < -0.3 is 15.1 Å². The average Bonchev–Trinajstić information content (AvgIpc) is 2.65. The van der Waals surface area contributed by atoms with E-state index >= 15 is 0 Å². The molecule has 2 heterocycles. The molecule has 1 fully saturated rings. The second kappa shape index (κ2) is 7.70. The summed E-state index contributed by atoms with van der Waals surface area (Å²) in [5, 5.41) is 3.83. The number of carbonyl (C=O) groups is 2. The molecule has 26 heavy (non-hydrogen) atoms. The summed E-state index contributed by atoms with van der Waals surface area (Å²) in [5.41, 5.74) is 2.05. The molecule has 1 saturated heterocycles. The normalized spacial score (nSPS) is 14.3. The van der Waals surface area contributed by atoms with Crippen molar-refractivity contribution in [3.63, 3.8) is 0 Å². The Morgan fingerprint density at radius 2 is 1.81 bits per heavy atom. The van der Waals surface area contributed by atoms with E-state index in [1.807, 2.05) is 25.1 Å². The predicted molar refractivity (Wildman–Crippen MR) is 99.7 cm³/mol. The van der Waals surface area contributed by atoms with Crippen molar-refractivity contribution in [1.82, 2.24) is 19.8 Å². The van der Waals surface area contributed by atoms with Crippen LogP contribution in [0.25, 0.3) is 0 Å². The molecule has 0 unspecified atom stereocenters. The van der Waals surface area contributed by atoms with Crippen molar-refractivity contribution in [3.05, 3.63) is 46.9 Å². The molecule has 7 nitrogen and oxygen atoms in total. The highest BCUT2D eigenvalue weighted by molar-refractivity contribution is 6.31. The molecule has 1 aliphatic heterocycles. The highest BCUT2D eigenvalue weighted by Gasteiger charge is 2.24. The fraction of sp³-hybridized carbons (Fsp3) is 0.333. The maximum Gasteiger partial charge on any atom is 0.272 e. The standard InChI is InChI=1S/C18H20ClN5O2/c1-12-14(19)4-3-5-15(12)22-17-10-16(20-11-21-17)18(26)24-8-6-23(7-9-24)13(2)25/h3-5,10-11H,6-9H2,1-2H3,(H,20,21,22). The Kier molecular flexibility index (Phi) is 5.37. The van der Waals surface area contributed by atoms with Gasteiger partial charge in [0, 0.05) is 49.9 Å². The van der Waals surface area contributed by atoms with E-state index in [0.717, 1.165) is 11.3 Å². The van der Waals surface area contributed by atoms with Crippen LogP contribution in [0.4, 0.5) is 11.5 Å². The zero-order valence-electron chi connectivity index (χ0n) is 14.7. The molecule has 3 rings (SSSR count). The number of nitrogens with one attached hydrogen (secondary N) is 1. The van der Waals surface area contributed by atoms with Gasteiger partial charge in [0.2, 0.25) is 5.91 Å². The van der Waals surface area contributed by atoms with Gasteiger partial charge in [-0.25, -0.2) is 9.97 Å². The van der Waals surface area contributed by atoms with Gasteiger partial charge in [-0.15, -0.1) is 0 Å². The Morgan fingerprint density at radius 3 is 2.50 bits per heavy atom. The first kappa shape index (κ1) is 18.1. The van der Waals surface area contributed by atoms with Gasteiger partial charge in [0.1, 0.15) is 17.8 Å². The predicted octanol–water partition coefficient (Wildman–Crippen LogP) is 2.49. The Bertz CT molecular complexity index is 834. The summed E-state index contributed by atoms with van der Waals surface area (Å²) in [4.78, 5) is 35.8. The summed E-state index contributed by atoms with van der Waals surface area (Å²) in [5.74, 6) is 0.389. The van der Waals surface area contributed by atoms with E-state index < -0.39 is 0 Å². The van der Waals surface area contributed by atoms with Crippen LogP contribution in [0.5, 0.6) is 0 Å². The topological polar surface area (TPSA) is 78.4 Å². The molecule has 0 saturated carbocycles. The molecular formula is C18H20ClN5O2. The first-order valence-corrected chi connectivity index (χ1v) is 8.72. The maximum atomic E-state index is 12.7. The lowest BCUT2D eigenvalue weighted by molar-refractivity contribution is -0.130. The smallest absolute Gasteiger partial charge is 0.272 e. The molecule has 0 atom stereocenters. The lowest BCUT2D eigenvalue weighted by Gasteiger charge is -2.34. The molecule has 1 N–H and O–H groups in total. The highest BCUT2D eigenvalue weighted by atomic mass is 35.5. The van der Waals surface area contributed by atoms with E-state index in [0.29, 0.717) is 42.7 Å². The fourth-order valence-corrected chi connectivity index (χ4v) is 2.98. The van der Waals surface area contributed by atoms with Crippen molar-refractivity contribution in [2.24, 2.45) is 0 Å². The number of benzene rings is 1. The Hall–Kier alpha value is -2.67. The average molecular weight is 374 g/mol. The van der Waals surface area contributed by atoms with Crippen molar-refractivity contribution >= 4 is 34.9 Å². The highest BCUT2D eigenvalue weighted by Crippen LogP contribution is 2.25. The van der Waals surface area contributed by atoms with E-state index in [1.54, 1.807) is 15.9 Å². The van der Waals surface area contributed by atoms with Gasteiger partial charge in [0.25, 0.3) is 5.91 Å². The number of carbonyl (C=O) groups excluding carboxylic acids is 2. The minimum atomic E-state index is -0.165. The van der Waals surface area contributed by atoms with Crippen molar-refractivity contribution in [2.75, 3.05) is 31.5 Å². The number of nitrogens with zero attached hydrogens (tertiary/aromatic N) is 4. The van der Waals surface area contributed by atoms with Gasteiger partial charge in [-0.1, -0.05) is 17.7 Å². The SMILES string of the molecule is CC(=O)N1CCN(C(=O)c2cc(Nc3cccc(Cl)c3C)ncn2)CC1. The number of rotatable bonds is 3. The van der Waals surface area contributed by atoms with Gasteiger partial charge in [0.15, 0.2) is 0 Å². The summed E-state index contributed by atoms with van der Waals surface area (Å²) in [6, 6.07) is 7.18. The van der Waals surface area contributed by atoms with Crippen LogP contribution in [0.15, 0.2) is 30.6 Å². The molecule has 1 aromatic carbocycles. The number of piperazine rings is 1. The molecule has 2 aromatic rings. The summed E-state index contributed by atoms with van der Waals surface area (Å²) < 4.78 is 0. The van der Waals surface area contributed by atoms with Gasteiger partial charge in [-0.2, -0.15) is 0 Å². The third-order valence-corrected chi connectivity index (χ3v) is 4.84. The van der Waals surface area contributed by atoms with Crippen LogP contribution in [0.2, 0.25) is 5.02 Å². The molecule has 1 aromatic heterocycles. The van der Waals surface area contributed by atoms with Crippen LogP contribution in [0.3, 0.4) is 0 Å². The quantitative estimate of drug-likeness (QED) is 0.894. The monoisotopic (exact) mass is 373 g/mol. The van der Waals surface area contributed by atoms with E-state index in [2.05, 4.69) is 15.3 Å². The largest absolute Gasteiger partial charge is 0.340 e. The van der Waals surface area contributed by atoms with Crippen molar-refractivity contribution in [3.8, 4) is 0 Å². The van der Waals surface area contributed by atoms with Crippen LogP contribution < -0.4 is 5.32 Å². The van der Waals surface area contributed by atoms with Crippen molar-refractivity contribution < 1.29 is 9.59 Å². The van der Waals surface area contributed by atoms with Crippen LogP contribution in [-0.4, -0.2) is 57.8 Å². The van der Waals surface area contributed by atoms with Gasteiger partial charge in [-0.05, 0) is 24.6 Å². The number of anilines is 2. The third-order valence-electron chi connectivity index (χ3n) is 4.43. The lowest BCUT2D eigenvalue weighted by atomic mass is 10.2. The first-order chi connectivity index (χ1) is 12.5. The number of aromatic nitrogens is 2. The number of amides is 2. The zero-order chi connectivity index (χ0) is 18.7. The Balaban J connectivity index is 1.72. The maximum absolute atomic E-state index is 12.7. The molecule has 1 aliphatic rings. The summed E-state index contributed by atoms with van der Waals surface area (Å²) >= 11 is 6.14. The van der Waals surface area contributed by atoms with Crippen LogP contribution in [0, 0.1) is 6.92 Å². The summed E-state index contributed by atoms with van der Waals surface area (Å²) in [6.45, 7) is 5.53. The summed E-state index contributed by atoms with van der Waals surface area (Å²) in [6.07, 6.45) is 1.36. The van der Waals surface area contributed by atoms with Gasteiger partial charge in [-0.3, -0.25) is 9.59 Å². The molecule has 136 valence electrons. The van der Waals surface area contributed by atoms with Gasteiger partial charge >= 0.3 is 0 Å². The van der Waals surface area contributed by atoms with Crippen molar-refractivity contribution in [1.29, 1.82) is 0 Å². The number of halogens is 1. The second-order valence-electron chi connectivity index (χ2n) is 6.12. The summed E-state index contributed by atoms with van der Waals surface area (Å²) in [7, 11) is 0. The number of hydrogen-bond donors (Lipinski definition) is 1. The van der Waals surface area contributed by atoms with Crippen LogP contribution >= 0.6 is 11.6 Å². The minimum Gasteiger partial charge on any atom is -0.340 e. The first-order valence-electron chi connectivity index (χ1n) is 8.34. The minimum absolute atomic E-state index is 0.0301. The Morgan fingerprint density at radius 1 is 1.12 bits per heavy atom. The second-order valence-corrected chi connectivity index (χ2v) is 6.53. The van der Waals surface area contributed by atoms with Crippen molar-refractivity contribution in [2.45, 2.75) is 13.8 Å². The molecular weight excluding hydrogens is 354 g/mol. The molecule has 0 aliphatic carbocycles. The number of hydrogen-bond acceptors (Lipinski definition) is 5. The molecule has 8 heteroatoms. The fourth-order valence-electron chi connectivity index (χ4n) is 2.81. The lowest BCUT2D eigenvalue weighted by Crippen LogP contribution is -2.50. The van der Waals surface area contributed by atoms with E-state index in [1.165, 1.54) is 13.3 Å². The van der Waals surface area contributed by atoms with Crippen LogP contribution in [0.1, 0.15) is 23.0 Å². The molecule has 2 amide bonds. The van der Waals surface area contributed by atoms with E-state index in [4.69, 9.17) is 11.6 Å². The third kappa shape index (κ3) is 3.94. The molecule has 0 radical (unpaired) electrons. The molecule has 0 bridgehead atoms. The van der Waals surface area contributed by atoms with E-state index in [-0.39, 0.29) is 11.8 Å². The van der Waals surface area contributed by atoms with E-state index in [9.17, 15) is 9.59 Å². The molecule has 0 spiro atoms. The zero-order valence-corrected chi connectivity index (χ0v) is 15.5. The van der Waals surface area contributed by atoms with Gasteiger partial charge in [0.05, 0.1) is 0 Å². The van der Waals surface area contributed by atoms with Crippen LogP contribution in [-0.2, 0) is 4.79 Å². The Labute approximate surface area is 157 Å².